The number of nitrogens with zero attached hydrogens (tertiary/aromatic N) is 1. The Kier molecular flexibility index (Phi) is 6.06. The number of methoxy groups -OCH3 is 1. The van der Waals surface area contributed by atoms with E-state index in [2.05, 4.69) is 43.0 Å². The Morgan fingerprint density at radius 2 is 1.84 bits per heavy atom. The second kappa shape index (κ2) is 8.09. The van der Waals surface area contributed by atoms with Gasteiger partial charge in [-0.15, -0.1) is 0 Å². The maximum Gasteiger partial charge on any atom is 0.132 e. The van der Waals surface area contributed by atoms with Gasteiger partial charge in [0, 0.05) is 31.4 Å². The third-order valence-corrected chi connectivity index (χ3v) is 6.74. The zero-order chi connectivity index (χ0) is 17.9. The summed E-state index contributed by atoms with van der Waals surface area (Å²) in [6.07, 6.45) is 7.85. The standard InChI is InChI=1S/C22H35NO2/c1-17(2)19-10-12-22(13-11-19)14-15-23(21(22)24)20-8-6-18(7-9-20)5-4-16-25-3/h6-9,17,19,21,24H,4-5,10-16H2,1-3H3. The third-order valence-electron chi connectivity index (χ3n) is 6.74. The quantitative estimate of drug-likeness (QED) is 0.763. The monoisotopic (exact) mass is 345 g/mol. The van der Waals surface area contributed by atoms with Gasteiger partial charge in [0.2, 0.25) is 0 Å². The van der Waals surface area contributed by atoms with E-state index in [0.29, 0.717) is 0 Å². The van der Waals surface area contributed by atoms with E-state index in [0.717, 1.165) is 44.2 Å². The van der Waals surface area contributed by atoms with Gasteiger partial charge in [0.15, 0.2) is 0 Å². The summed E-state index contributed by atoms with van der Waals surface area (Å²) < 4.78 is 5.13. The fraction of sp³-hybridized carbons (Fsp3) is 0.727. The fourth-order valence-corrected chi connectivity index (χ4v) is 4.86. The summed E-state index contributed by atoms with van der Waals surface area (Å²) in [4.78, 5) is 2.23. The first-order chi connectivity index (χ1) is 12.1. The van der Waals surface area contributed by atoms with Crippen molar-refractivity contribution in [3.63, 3.8) is 0 Å². The molecule has 3 nitrogen and oxygen atoms in total. The predicted molar refractivity (Wildman–Crippen MR) is 104 cm³/mol. The van der Waals surface area contributed by atoms with Crippen molar-refractivity contribution < 1.29 is 9.84 Å². The average Bonchev–Trinajstić information content (AvgIpc) is 2.93. The van der Waals surface area contributed by atoms with E-state index in [1.165, 1.54) is 36.9 Å². The number of aryl methyl sites for hydroxylation is 1. The van der Waals surface area contributed by atoms with Gasteiger partial charge in [0.05, 0.1) is 0 Å². The molecule has 1 spiro atoms. The van der Waals surface area contributed by atoms with Crippen LogP contribution in [0.3, 0.4) is 0 Å². The highest BCUT2D eigenvalue weighted by atomic mass is 16.5. The van der Waals surface area contributed by atoms with Gasteiger partial charge in [0.1, 0.15) is 6.23 Å². The molecule has 1 unspecified atom stereocenters. The molecule has 3 rings (SSSR count). The van der Waals surface area contributed by atoms with E-state index < -0.39 is 0 Å². The molecular weight excluding hydrogens is 310 g/mol. The smallest absolute Gasteiger partial charge is 0.132 e. The number of rotatable bonds is 6. The molecule has 2 aliphatic rings. The minimum absolute atomic E-state index is 0.128. The Morgan fingerprint density at radius 3 is 2.44 bits per heavy atom. The highest BCUT2D eigenvalue weighted by molar-refractivity contribution is 5.49. The zero-order valence-corrected chi connectivity index (χ0v) is 16.2. The lowest BCUT2D eigenvalue weighted by molar-refractivity contribution is 0.00689. The molecule has 1 saturated heterocycles. The van der Waals surface area contributed by atoms with Crippen LogP contribution in [0.25, 0.3) is 0 Å². The topological polar surface area (TPSA) is 32.7 Å². The second-order valence-corrected chi connectivity index (χ2v) is 8.52. The van der Waals surface area contributed by atoms with Crippen LogP contribution in [0, 0.1) is 17.3 Å². The van der Waals surface area contributed by atoms with Crippen molar-refractivity contribution in [3.8, 4) is 0 Å². The highest BCUT2D eigenvalue weighted by Gasteiger charge is 2.48. The molecule has 1 aliphatic carbocycles. The van der Waals surface area contributed by atoms with Gasteiger partial charge < -0.3 is 14.7 Å². The van der Waals surface area contributed by atoms with Gasteiger partial charge in [-0.2, -0.15) is 0 Å². The minimum Gasteiger partial charge on any atom is -0.385 e. The Labute approximate surface area is 153 Å². The predicted octanol–water partition coefficient (Wildman–Crippen LogP) is 4.63. The number of aliphatic hydroxyl groups excluding tert-OH is 1. The van der Waals surface area contributed by atoms with Crippen LogP contribution in [0.5, 0.6) is 0 Å². The van der Waals surface area contributed by atoms with Crippen molar-refractivity contribution >= 4 is 5.69 Å². The van der Waals surface area contributed by atoms with Crippen molar-refractivity contribution in [1.29, 1.82) is 0 Å². The van der Waals surface area contributed by atoms with Gasteiger partial charge in [-0.1, -0.05) is 26.0 Å². The molecule has 1 heterocycles. The Hall–Kier alpha value is -1.06. The van der Waals surface area contributed by atoms with Crippen LogP contribution in [0.2, 0.25) is 0 Å². The fourth-order valence-electron chi connectivity index (χ4n) is 4.86. The molecule has 0 radical (unpaired) electrons. The van der Waals surface area contributed by atoms with Gasteiger partial charge in [0.25, 0.3) is 0 Å². The molecule has 1 aliphatic heterocycles. The molecule has 0 aromatic heterocycles. The van der Waals surface area contributed by atoms with E-state index in [1.807, 2.05) is 0 Å². The number of anilines is 1. The summed E-state index contributed by atoms with van der Waals surface area (Å²) in [6.45, 7) is 6.48. The molecule has 0 amide bonds. The van der Waals surface area contributed by atoms with Crippen LogP contribution in [-0.2, 0) is 11.2 Å². The molecule has 1 atom stereocenters. The normalized spacial score (nSPS) is 29.7. The van der Waals surface area contributed by atoms with Crippen molar-refractivity contribution in [2.24, 2.45) is 17.3 Å². The van der Waals surface area contributed by atoms with Crippen LogP contribution in [0.4, 0.5) is 5.69 Å². The lowest BCUT2D eigenvalue weighted by atomic mass is 9.67. The largest absolute Gasteiger partial charge is 0.385 e. The Balaban J connectivity index is 1.61. The van der Waals surface area contributed by atoms with Crippen molar-refractivity contribution in [3.05, 3.63) is 29.8 Å². The molecule has 1 aromatic rings. The lowest BCUT2D eigenvalue weighted by Crippen LogP contribution is -2.42. The van der Waals surface area contributed by atoms with E-state index in [4.69, 9.17) is 4.74 Å². The van der Waals surface area contributed by atoms with Gasteiger partial charge in [-0.3, -0.25) is 0 Å². The first-order valence-corrected chi connectivity index (χ1v) is 10.1. The molecule has 0 bridgehead atoms. The summed E-state index contributed by atoms with van der Waals surface area (Å²) in [5, 5.41) is 11.1. The maximum atomic E-state index is 11.1. The average molecular weight is 346 g/mol. The number of hydrogen-bond acceptors (Lipinski definition) is 3. The Bertz CT molecular complexity index is 531. The second-order valence-electron chi connectivity index (χ2n) is 8.52. The van der Waals surface area contributed by atoms with E-state index >= 15 is 0 Å². The molecule has 2 fully saturated rings. The van der Waals surface area contributed by atoms with Crippen molar-refractivity contribution in [2.45, 2.75) is 65.0 Å². The van der Waals surface area contributed by atoms with E-state index in [1.54, 1.807) is 7.11 Å². The van der Waals surface area contributed by atoms with Crippen LogP contribution in [-0.4, -0.2) is 31.6 Å². The summed E-state index contributed by atoms with van der Waals surface area (Å²) in [5.41, 5.74) is 2.65. The number of aliphatic hydroxyl groups is 1. The highest BCUT2D eigenvalue weighted by Crippen LogP contribution is 2.50. The van der Waals surface area contributed by atoms with E-state index in [9.17, 15) is 5.11 Å². The van der Waals surface area contributed by atoms with Gasteiger partial charge in [-0.05, 0) is 74.5 Å². The Morgan fingerprint density at radius 1 is 1.16 bits per heavy atom. The number of benzene rings is 1. The summed E-state index contributed by atoms with van der Waals surface area (Å²) >= 11 is 0. The minimum atomic E-state index is -0.319. The van der Waals surface area contributed by atoms with Crippen LogP contribution >= 0.6 is 0 Å². The first kappa shape index (κ1) is 18.7. The number of hydrogen-bond donors (Lipinski definition) is 1. The van der Waals surface area contributed by atoms with Crippen LogP contribution < -0.4 is 4.90 Å². The summed E-state index contributed by atoms with van der Waals surface area (Å²) in [7, 11) is 1.75. The SMILES string of the molecule is COCCCc1ccc(N2CCC3(CCC(C(C)C)CC3)C2O)cc1. The summed E-state index contributed by atoms with van der Waals surface area (Å²) in [5.74, 6) is 1.62. The van der Waals surface area contributed by atoms with Crippen molar-refractivity contribution in [1.82, 2.24) is 0 Å². The molecule has 140 valence electrons. The van der Waals surface area contributed by atoms with Gasteiger partial charge >= 0.3 is 0 Å². The van der Waals surface area contributed by atoms with Gasteiger partial charge in [-0.25, -0.2) is 0 Å². The molecule has 1 aromatic carbocycles. The van der Waals surface area contributed by atoms with Crippen LogP contribution in [0.1, 0.15) is 57.9 Å². The first-order valence-electron chi connectivity index (χ1n) is 10.1. The molecular formula is C22H35NO2. The molecule has 1 N–H and O–H groups in total. The zero-order valence-electron chi connectivity index (χ0n) is 16.2. The van der Waals surface area contributed by atoms with Crippen LogP contribution in [0.15, 0.2) is 24.3 Å². The number of ether oxygens (including phenoxy) is 1. The molecule has 1 saturated carbocycles. The molecule has 25 heavy (non-hydrogen) atoms. The summed E-state index contributed by atoms with van der Waals surface area (Å²) in [6, 6.07) is 8.78. The molecule has 3 heteroatoms. The third kappa shape index (κ3) is 4.03. The lowest BCUT2D eigenvalue weighted by Gasteiger charge is -2.42. The van der Waals surface area contributed by atoms with E-state index in [-0.39, 0.29) is 11.6 Å². The maximum absolute atomic E-state index is 11.1. The van der Waals surface area contributed by atoms with Crippen molar-refractivity contribution in [2.75, 3.05) is 25.2 Å².